The summed E-state index contributed by atoms with van der Waals surface area (Å²) in [5.41, 5.74) is 2.99. The number of nitrogens with zero attached hydrogens (tertiary/aromatic N) is 4. The van der Waals surface area contributed by atoms with Crippen LogP contribution in [-0.4, -0.2) is 49.7 Å². The molecule has 10 nitrogen and oxygen atoms in total. The number of amidine groups is 1. The third-order valence-electron chi connectivity index (χ3n) is 7.04. The van der Waals surface area contributed by atoms with Gasteiger partial charge >= 0.3 is 5.97 Å². The van der Waals surface area contributed by atoms with E-state index in [2.05, 4.69) is 30.2 Å². The highest BCUT2D eigenvalue weighted by Gasteiger charge is 2.25. The molecule has 4 heterocycles. The molecule has 1 aliphatic carbocycles. The molecule has 40 heavy (non-hydrogen) atoms. The number of nitrogens with one attached hydrogen (secondary N) is 2. The number of carboxylic acids is 1. The maximum absolute atomic E-state index is 15.2. The number of carbonyl (C=O) groups is 1. The summed E-state index contributed by atoms with van der Waals surface area (Å²) in [5, 5.41) is 14.8. The van der Waals surface area contributed by atoms with Gasteiger partial charge in [-0.1, -0.05) is 6.07 Å². The second kappa shape index (κ2) is 11.4. The number of rotatable bonds is 8. The first-order valence-corrected chi connectivity index (χ1v) is 13.9. The minimum absolute atomic E-state index is 0.0157. The van der Waals surface area contributed by atoms with E-state index >= 15 is 4.39 Å². The molecule has 3 N–H and O–H groups in total. The second-order valence-corrected chi connectivity index (χ2v) is 10.8. The van der Waals surface area contributed by atoms with E-state index in [1.165, 1.54) is 17.4 Å². The molecule has 0 spiro atoms. The van der Waals surface area contributed by atoms with E-state index in [9.17, 15) is 4.79 Å². The third kappa shape index (κ3) is 5.96. The lowest BCUT2D eigenvalue weighted by Crippen LogP contribution is -2.32. The zero-order valence-corrected chi connectivity index (χ0v) is 22.3. The number of fused-ring (bicyclic) bond motifs is 1. The smallest absolute Gasteiger partial charge is 0.303 e. The minimum atomic E-state index is -0.748. The van der Waals surface area contributed by atoms with Crippen LogP contribution in [-0.2, 0) is 16.1 Å². The zero-order chi connectivity index (χ0) is 27.5. The van der Waals surface area contributed by atoms with Gasteiger partial charge in [0.1, 0.15) is 29.4 Å². The van der Waals surface area contributed by atoms with Gasteiger partial charge in [0.15, 0.2) is 5.65 Å². The Morgan fingerprint density at radius 2 is 2.02 bits per heavy atom. The van der Waals surface area contributed by atoms with Gasteiger partial charge in [-0.15, -0.1) is 11.3 Å². The van der Waals surface area contributed by atoms with Gasteiger partial charge < -0.3 is 24.9 Å². The summed E-state index contributed by atoms with van der Waals surface area (Å²) in [6.45, 7) is 0.676. The summed E-state index contributed by atoms with van der Waals surface area (Å²) < 4.78 is 26.9. The summed E-state index contributed by atoms with van der Waals surface area (Å²) in [7, 11) is 0. The molecule has 2 aliphatic rings. The number of pyridine rings is 1. The molecule has 6 rings (SSSR count). The number of thiazole rings is 1. The maximum atomic E-state index is 15.2. The van der Waals surface area contributed by atoms with Crippen LogP contribution in [0.15, 0.2) is 53.1 Å². The molecular weight excluding hydrogens is 535 g/mol. The van der Waals surface area contributed by atoms with Gasteiger partial charge in [-0.05, 0) is 60.9 Å². The van der Waals surface area contributed by atoms with Gasteiger partial charge in [0.2, 0.25) is 5.88 Å². The van der Waals surface area contributed by atoms with E-state index in [4.69, 9.17) is 14.6 Å². The van der Waals surface area contributed by atoms with Crippen molar-refractivity contribution in [3.63, 3.8) is 0 Å². The molecular formula is C28H27FN6O4S. The Morgan fingerprint density at radius 3 is 2.75 bits per heavy atom. The highest BCUT2D eigenvalue weighted by molar-refractivity contribution is 7.09. The molecule has 0 atom stereocenters. The summed E-state index contributed by atoms with van der Waals surface area (Å²) in [6, 6.07) is 8.97. The normalized spacial score (nSPS) is 19.0. The van der Waals surface area contributed by atoms with Crippen LogP contribution in [0.1, 0.15) is 42.7 Å². The number of benzene rings is 1. The number of aliphatic carboxylic acids is 1. The van der Waals surface area contributed by atoms with Crippen molar-refractivity contribution >= 4 is 40.1 Å². The summed E-state index contributed by atoms with van der Waals surface area (Å²) >= 11 is 1.50. The third-order valence-corrected chi connectivity index (χ3v) is 7.79. The van der Waals surface area contributed by atoms with Gasteiger partial charge in [-0.3, -0.25) is 4.79 Å². The first-order chi connectivity index (χ1) is 19.5. The van der Waals surface area contributed by atoms with Crippen LogP contribution in [0.25, 0.3) is 28.1 Å². The first-order valence-electron chi connectivity index (χ1n) is 13.1. The first kappa shape index (κ1) is 25.9. The van der Waals surface area contributed by atoms with E-state index in [1.54, 1.807) is 30.6 Å². The average Bonchev–Trinajstić information content (AvgIpc) is 3.63. The lowest BCUT2D eigenvalue weighted by atomic mass is 9.85. The predicted octanol–water partition coefficient (Wildman–Crippen LogP) is 5.15. The van der Waals surface area contributed by atoms with Crippen molar-refractivity contribution in [3.8, 4) is 17.3 Å². The fourth-order valence-corrected chi connectivity index (χ4v) is 5.48. The van der Waals surface area contributed by atoms with E-state index in [-0.39, 0.29) is 18.4 Å². The molecule has 1 aliphatic heterocycles. The van der Waals surface area contributed by atoms with Gasteiger partial charge in [0.05, 0.1) is 17.6 Å². The predicted molar refractivity (Wildman–Crippen MR) is 148 cm³/mol. The van der Waals surface area contributed by atoms with Crippen molar-refractivity contribution in [2.45, 2.75) is 44.8 Å². The number of aromatic nitrogens is 4. The Kier molecular flexibility index (Phi) is 7.41. The molecule has 0 unspecified atom stereocenters. The van der Waals surface area contributed by atoms with Crippen molar-refractivity contribution < 1.29 is 23.8 Å². The quantitative estimate of drug-likeness (QED) is 0.268. The Balaban J connectivity index is 1.07. The van der Waals surface area contributed by atoms with Crippen molar-refractivity contribution in [1.29, 1.82) is 0 Å². The number of H-pyrrole nitrogens is 1. The van der Waals surface area contributed by atoms with E-state index in [1.807, 2.05) is 11.4 Å². The lowest BCUT2D eigenvalue weighted by Gasteiger charge is -2.29. The minimum Gasteiger partial charge on any atom is -0.481 e. The Morgan fingerprint density at radius 1 is 1.15 bits per heavy atom. The van der Waals surface area contributed by atoms with Crippen LogP contribution in [0.5, 0.6) is 5.88 Å². The molecule has 12 heteroatoms. The average molecular weight is 563 g/mol. The maximum Gasteiger partial charge on any atom is 0.303 e. The molecule has 0 saturated heterocycles. The second-order valence-electron chi connectivity index (χ2n) is 9.81. The Bertz CT molecular complexity index is 1580. The van der Waals surface area contributed by atoms with Crippen LogP contribution in [0.2, 0.25) is 0 Å². The molecule has 1 fully saturated rings. The number of aromatic amines is 1. The molecule has 206 valence electrons. The van der Waals surface area contributed by atoms with Crippen molar-refractivity contribution in [3.05, 3.63) is 64.5 Å². The molecule has 0 radical (unpaired) electrons. The van der Waals surface area contributed by atoms with Crippen LogP contribution in [0.3, 0.4) is 0 Å². The number of aliphatic imine (C=N–C) groups is 1. The Hall–Kier alpha value is -4.32. The molecule has 1 saturated carbocycles. The van der Waals surface area contributed by atoms with E-state index < -0.39 is 11.8 Å². The summed E-state index contributed by atoms with van der Waals surface area (Å²) in [4.78, 5) is 31.6. The monoisotopic (exact) mass is 562 g/mol. The molecule has 0 bridgehead atoms. The SMILES string of the molecule is O=C(O)CC1CCC(OC2=NCC(c3ccc(-c4nc5nc(OCc6nccs6)ccc5[nH]4)c(F)c3)=CN2)CC1. The molecule has 3 aromatic heterocycles. The van der Waals surface area contributed by atoms with E-state index in [0.29, 0.717) is 53.2 Å². The van der Waals surface area contributed by atoms with Crippen molar-refractivity contribution in [2.24, 2.45) is 10.9 Å². The van der Waals surface area contributed by atoms with Crippen molar-refractivity contribution in [1.82, 2.24) is 25.3 Å². The standard InChI is InChI=1S/C28H27FN6O4S/c29-21-12-17(18-13-31-28(32-14-18)39-19-4-1-16(2-5-19)11-25(36)37)3-6-20(21)26-33-22-7-8-23(34-27(22)35-26)38-15-24-30-9-10-40-24/h3,6-10,12-13,16,19H,1-2,4-5,11,14-15H2,(H,31,32)(H,36,37)(H,33,34,35). The number of hydrogen-bond donors (Lipinski definition) is 3. The number of halogens is 1. The van der Waals surface area contributed by atoms with Crippen LogP contribution in [0, 0.1) is 11.7 Å². The van der Waals surface area contributed by atoms with Crippen LogP contribution >= 0.6 is 11.3 Å². The molecule has 0 amide bonds. The van der Waals surface area contributed by atoms with Crippen LogP contribution < -0.4 is 10.1 Å². The van der Waals surface area contributed by atoms with Gasteiger partial charge in [-0.25, -0.2) is 19.4 Å². The molecule has 4 aromatic rings. The van der Waals surface area contributed by atoms with Gasteiger partial charge in [0.25, 0.3) is 6.02 Å². The van der Waals surface area contributed by atoms with Gasteiger partial charge in [0, 0.05) is 30.3 Å². The number of carboxylic acid groups (broad SMARTS) is 1. The highest BCUT2D eigenvalue weighted by atomic mass is 32.1. The topological polar surface area (TPSA) is 135 Å². The number of hydrogen-bond acceptors (Lipinski definition) is 9. The van der Waals surface area contributed by atoms with E-state index in [0.717, 1.165) is 36.3 Å². The Labute approximate surface area is 233 Å². The lowest BCUT2D eigenvalue weighted by molar-refractivity contribution is -0.138. The zero-order valence-electron chi connectivity index (χ0n) is 21.5. The summed E-state index contributed by atoms with van der Waals surface area (Å²) in [6.07, 6.45) is 7.01. The number of ether oxygens (including phenoxy) is 2. The summed E-state index contributed by atoms with van der Waals surface area (Å²) in [5.74, 6) is -0.150. The van der Waals surface area contributed by atoms with Crippen molar-refractivity contribution in [2.75, 3.05) is 6.54 Å². The largest absolute Gasteiger partial charge is 0.481 e. The fourth-order valence-electron chi connectivity index (χ4n) is 4.95. The fraction of sp³-hybridized carbons (Fsp3) is 0.321. The highest BCUT2D eigenvalue weighted by Crippen LogP contribution is 2.30. The molecule has 1 aromatic carbocycles. The van der Waals surface area contributed by atoms with Crippen LogP contribution in [0.4, 0.5) is 4.39 Å². The van der Waals surface area contributed by atoms with Gasteiger partial charge in [-0.2, -0.15) is 4.98 Å². The number of imidazole rings is 1.